The van der Waals surface area contributed by atoms with Crippen LogP contribution in [0, 0.1) is 13.8 Å². The average Bonchev–Trinajstić information content (AvgIpc) is 1.58. The molecule has 0 saturated heterocycles. The number of halogens is 1. The highest BCUT2D eigenvalue weighted by Gasteiger charge is 2.23. The second-order valence-corrected chi connectivity index (χ2v) is 29.4. The smallest absolute Gasteiger partial charge is 0.488 e. The van der Waals surface area contributed by atoms with Crippen LogP contribution < -0.4 is 14.9 Å². The highest BCUT2D eigenvalue weighted by molar-refractivity contribution is 9.11. The van der Waals surface area contributed by atoms with E-state index in [1.807, 2.05) is 60.7 Å². The number of methoxy groups -OCH3 is 2. The van der Waals surface area contributed by atoms with E-state index in [2.05, 4.69) is 296 Å². The second kappa shape index (κ2) is 26.5. The van der Waals surface area contributed by atoms with Gasteiger partial charge in [0.2, 0.25) is 0 Å². The van der Waals surface area contributed by atoms with Crippen molar-refractivity contribution in [3.8, 4) is 67.1 Å². The predicted molar refractivity (Wildman–Crippen MR) is 439 cm³/mol. The molecule has 0 aliphatic carbocycles. The molecule has 0 radical (unpaired) electrons. The first-order valence-corrected chi connectivity index (χ1v) is 36.8. The summed E-state index contributed by atoms with van der Waals surface area (Å²) in [6.07, 6.45) is 0. The molecule has 0 aliphatic heterocycles. The van der Waals surface area contributed by atoms with Crippen molar-refractivity contribution in [1.29, 1.82) is 0 Å². The third-order valence-electron chi connectivity index (χ3n) is 19.8. The van der Waals surface area contributed by atoms with E-state index < -0.39 is 7.12 Å². The molecular weight excluding hydrogens is 1380 g/mol. The Morgan fingerprint density at radius 1 is 0.327 bits per heavy atom. The molecule has 500 valence electrons. The van der Waals surface area contributed by atoms with Gasteiger partial charge in [0, 0.05) is 82.5 Å². The number of nitrogens with zero attached hydrogens (tertiary/aromatic N) is 6. The van der Waals surface area contributed by atoms with Crippen molar-refractivity contribution in [2.75, 3.05) is 14.2 Å². The van der Waals surface area contributed by atoms with E-state index in [1.54, 1.807) is 36.9 Å². The number of aryl methyl sites for hydroxylation is 2. The van der Waals surface area contributed by atoms with Crippen LogP contribution in [0.15, 0.2) is 307 Å². The van der Waals surface area contributed by atoms with Gasteiger partial charge >= 0.3 is 7.12 Å². The number of hydrogen-bond donors (Lipinski definition) is 2. The van der Waals surface area contributed by atoms with Crippen LogP contribution in [0.3, 0.4) is 0 Å². The van der Waals surface area contributed by atoms with E-state index in [4.69, 9.17) is 14.5 Å². The third kappa shape index (κ3) is 11.3. The lowest BCUT2D eigenvalue weighted by Crippen LogP contribution is -2.30. The minimum atomic E-state index is -1.59. The van der Waals surface area contributed by atoms with Gasteiger partial charge in [0.05, 0.1) is 78.8 Å². The van der Waals surface area contributed by atoms with Crippen molar-refractivity contribution in [2.24, 2.45) is 0 Å². The molecule has 0 saturated carbocycles. The van der Waals surface area contributed by atoms with Crippen molar-refractivity contribution in [3.63, 3.8) is 0 Å². The quantitative estimate of drug-likeness (QED) is 0.132. The molecule has 10 nitrogen and oxygen atoms in total. The third-order valence-corrected chi connectivity index (χ3v) is 22.5. The molecule has 2 N–H and O–H groups in total. The van der Waals surface area contributed by atoms with Gasteiger partial charge in [-0.25, -0.2) is 9.97 Å². The lowest BCUT2D eigenvalue weighted by Gasteiger charge is -2.15. The molecule has 0 atom stereocenters. The molecule has 6 heterocycles. The minimum Gasteiger partial charge on any atom is -0.497 e. The Morgan fingerprint density at radius 3 is 0.923 bits per heavy atom. The highest BCUT2D eigenvalue weighted by Crippen LogP contribution is 2.44. The number of hydrogen-bond acceptors (Lipinski definition) is 8. The van der Waals surface area contributed by atoms with Crippen LogP contribution in [-0.2, 0) is 0 Å². The maximum Gasteiger partial charge on any atom is 0.488 e. The molecule has 14 aromatic carbocycles. The van der Waals surface area contributed by atoms with Crippen LogP contribution >= 0.6 is 38.6 Å². The Kier molecular flexibility index (Phi) is 16.4. The zero-order valence-electron chi connectivity index (χ0n) is 57.0. The number of benzene rings is 14. The number of aromatic nitrogens is 6. The van der Waals surface area contributed by atoms with Crippen LogP contribution in [0.5, 0.6) is 11.5 Å². The zero-order valence-corrected chi connectivity index (χ0v) is 60.3. The summed E-state index contributed by atoms with van der Waals surface area (Å²) in [5.41, 5.74) is 23.7. The fourth-order valence-electron chi connectivity index (χ4n) is 15.2. The van der Waals surface area contributed by atoms with E-state index in [-0.39, 0.29) is 0 Å². The van der Waals surface area contributed by atoms with Crippen LogP contribution in [0.1, 0.15) is 11.1 Å². The summed E-state index contributed by atoms with van der Waals surface area (Å²) < 4.78 is 23.2. The van der Waals surface area contributed by atoms with Crippen molar-refractivity contribution < 1.29 is 19.5 Å². The Balaban J connectivity index is 0.000000123. The number of ether oxygens (including phenoxy) is 2. The SMILES string of the molecule is COc1ccc(-c2cc(C)cc3nc(-c4cc(-n5c6ccccc6c6ccccc65)cc(-n5c6ccccc6c6ccccc65)c4)sc23)cc1.COc1ccc(-c2cc(C)cc3nc(Br)sc23)cc1.OB(O)c1cc(-n2c3ccccc3c3ccccc32)cc(-n2c3ccccc3c3ccccc32)c1. The fraction of sp³-hybridized carbons (Fsp3) is 0.0444. The predicted octanol–water partition coefficient (Wildman–Crippen LogP) is 22.7. The number of rotatable bonds is 10. The van der Waals surface area contributed by atoms with Crippen molar-refractivity contribution in [2.45, 2.75) is 13.8 Å². The Bertz CT molecular complexity index is 6270. The molecular formula is C90H64BBrN6O4S2. The van der Waals surface area contributed by atoms with Crippen molar-refractivity contribution >= 4 is 159 Å². The topological polar surface area (TPSA) is 104 Å². The highest BCUT2D eigenvalue weighted by atomic mass is 79.9. The number of para-hydroxylation sites is 8. The van der Waals surface area contributed by atoms with Gasteiger partial charge in [-0.3, -0.25) is 0 Å². The lowest BCUT2D eigenvalue weighted by atomic mass is 9.80. The summed E-state index contributed by atoms with van der Waals surface area (Å²) in [5, 5.41) is 31.1. The summed E-state index contributed by atoms with van der Waals surface area (Å²) in [5.74, 6) is 1.72. The van der Waals surface area contributed by atoms with E-state index in [0.717, 1.165) is 109 Å². The first-order valence-electron chi connectivity index (χ1n) is 34.4. The van der Waals surface area contributed by atoms with E-state index >= 15 is 0 Å². The normalized spacial score (nSPS) is 11.6. The summed E-state index contributed by atoms with van der Waals surface area (Å²) >= 11 is 6.89. The maximum absolute atomic E-state index is 10.3. The molecule has 0 amide bonds. The monoisotopic (exact) mass is 1450 g/mol. The standard InChI is InChI=1S/C45H31N3OS.C30H21BN2O2.C15H12BrNOS/c1-28-23-38(29-19-21-33(49-2)22-20-29)44-39(24-28)46-45(50-44)30-25-31(47-40-15-7-3-11-34(40)35-12-4-8-16-41(35)47)27-32(26-30)48-42-17-9-5-13-36(42)37-14-6-10-18-43(37)48;34-31(35)20-17-21(32-27-13-5-1-9-23(27)24-10-2-6-14-28(24)32)19-22(18-20)33-29-15-7-3-11-25(29)26-12-4-8-16-30(26)33;1-9-7-12(10-3-5-11(18-2)6-4-10)14-13(8-9)17-15(16)19-14/h3-27H,1-2H3;1-19,34-35H;3-8H,1-2H3. The minimum absolute atomic E-state index is 0.446. The van der Waals surface area contributed by atoms with Gasteiger partial charge in [-0.2, -0.15) is 0 Å². The molecule has 104 heavy (non-hydrogen) atoms. The average molecular weight is 1450 g/mol. The van der Waals surface area contributed by atoms with Crippen LogP contribution in [0.25, 0.3) is 163 Å². The summed E-state index contributed by atoms with van der Waals surface area (Å²) in [4.78, 5) is 9.84. The molecule has 14 heteroatoms. The van der Waals surface area contributed by atoms with Crippen molar-refractivity contribution in [1.82, 2.24) is 28.2 Å². The van der Waals surface area contributed by atoms with Gasteiger partial charge in [-0.05, 0) is 191 Å². The number of thiazole rings is 2. The van der Waals surface area contributed by atoms with Crippen LogP contribution in [0.2, 0.25) is 0 Å². The van der Waals surface area contributed by atoms with Gasteiger partial charge in [0.1, 0.15) is 16.5 Å². The molecule has 0 fully saturated rings. The fourth-order valence-corrected chi connectivity index (χ4v) is 17.8. The first kappa shape index (κ1) is 64.2. The Morgan fingerprint density at radius 2 is 0.615 bits per heavy atom. The van der Waals surface area contributed by atoms with Gasteiger partial charge in [0.15, 0.2) is 3.92 Å². The maximum atomic E-state index is 10.3. The van der Waals surface area contributed by atoms with Gasteiger partial charge in [0.25, 0.3) is 0 Å². The van der Waals surface area contributed by atoms with Gasteiger partial charge in [-0.1, -0.05) is 170 Å². The summed E-state index contributed by atoms with van der Waals surface area (Å²) in [6.45, 7) is 4.24. The second-order valence-electron chi connectivity index (χ2n) is 26.1. The molecule has 0 aliphatic rings. The molecule has 0 spiro atoms. The lowest BCUT2D eigenvalue weighted by molar-refractivity contribution is 0.415. The zero-order chi connectivity index (χ0) is 70.3. The molecule has 6 aromatic heterocycles. The Hall–Kier alpha value is -11.9. The number of fused-ring (bicyclic) bond motifs is 14. The van der Waals surface area contributed by atoms with Gasteiger partial charge in [-0.15, -0.1) is 22.7 Å². The largest absolute Gasteiger partial charge is 0.497 e. The molecule has 0 unspecified atom stereocenters. The molecule has 0 bridgehead atoms. The van der Waals surface area contributed by atoms with Crippen LogP contribution in [-0.4, -0.2) is 59.6 Å². The van der Waals surface area contributed by atoms with Crippen molar-refractivity contribution in [3.05, 3.63) is 318 Å². The summed E-state index contributed by atoms with van der Waals surface area (Å²) in [7, 11) is 1.80. The van der Waals surface area contributed by atoms with Gasteiger partial charge < -0.3 is 37.8 Å². The summed E-state index contributed by atoms with van der Waals surface area (Å²) in [6, 6.07) is 106. The van der Waals surface area contributed by atoms with E-state index in [9.17, 15) is 10.0 Å². The van der Waals surface area contributed by atoms with E-state index in [0.29, 0.717) is 5.46 Å². The van der Waals surface area contributed by atoms with E-state index in [1.165, 1.54) is 80.8 Å². The molecule has 20 aromatic rings. The Labute approximate surface area is 615 Å². The molecule has 20 rings (SSSR count). The first-order chi connectivity index (χ1) is 51.0. The van der Waals surface area contributed by atoms with Crippen LogP contribution in [0.4, 0.5) is 0 Å².